The van der Waals surface area contributed by atoms with Gasteiger partial charge in [-0.15, -0.1) is 0 Å². The van der Waals surface area contributed by atoms with E-state index in [-0.39, 0.29) is 11.9 Å². The topological polar surface area (TPSA) is 20.2 Å². The van der Waals surface area contributed by atoms with E-state index >= 15 is 0 Å². The van der Waals surface area contributed by atoms with E-state index < -0.39 is 0 Å². The van der Waals surface area contributed by atoms with Crippen LogP contribution in [0.4, 0.5) is 4.39 Å². The summed E-state index contributed by atoms with van der Waals surface area (Å²) in [5.74, 6) is 2.58. The van der Waals surface area contributed by atoms with Crippen molar-refractivity contribution in [1.82, 2.24) is 0 Å². The number of benzene rings is 1. The molecule has 2 aliphatic carbocycles. The Morgan fingerprint density at radius 3 is 2.12 bits per heavy atom. The molecule has 2 saturated carbocycles. The smallest absolute Gasteiger partial charge is 0.123 e. The van der Waals surface area contributed by atoms with Crippen LogP contribution in [0.2, 0.25) is 0 Å². The van der Waals surface area contributed by atoms with E-state index in [2.05, 4.69) is 6.92 Å². The maximum absolute atomic E-state index is 13.1. The molecule has 1 unspecified atom stereocenters. The summed E-state index contributed by atoms with van der Waals surface area (Å²) in [4.78, 5) is 0. The van der Waals surface area contributed by atoms with Gasteiger partial charge in [-0.05, 0) is 67.1 Å². The standard InChI is InChI=1S/C23H35FO/c1-2-3-17-4-6-18(7-5-17)8-9-20-10-11-21(16-23(20)25)19-12-14-22(24)15-13-19/h12-15,17-18,20-21,23,25H,2-11,16H2,1H3/t17?,18?,20-,21?,23-/m1/s1. The molecule has 2 fully saturated rings. The summed E-state index contributed by atoms with van der Waals surface area (Å²) in [6, 6.07) is 6.87. The van der Waals surface area contributed by atoms with Gasteiger partial charge in [0.1, 0.15) is 5.82 Å². The van der Waals surface area contributed by atoms with Crippen LogP contribution in [0.3, 0.4) is 0 Å². The predicted octanol–water partition coefficient (Wildman–Crippen LogP) is 6.46. The van der Waals surface area contributed by atoms with Crippen LogP contribution < -0.4 is 0 Å². The summed E-state index contributed by atoms with van der Waals surface area (Å²) < 4.78 is 13.1. The van der Waals surface area contributed by atoms with Crippen LogP contribution in [0, 0.1) is 23.6 Å². The molecule has 1 aromatic rings. The van der Waals surface area contributed by atoms with Crippen LogP contribution in [0.15, 0.2) is 24.3 Å². The Bertz CT molecular complexity index is 503. The van der Waals surface area contributed by atoms with Crippen molar-refractivity contribution in [3.05, 3.63) is 35.6 Å². The van der Waals surface area contributed by atoms with Gasteiger partial charge in [0, 0.05) is 0 Å². The Morgan fingerprint density at radius 2 is 1.52 bits per heavy atom. The maximum Gasteiger partial charge on any atom is 0.123 e. The second kappa shape index (κ2) is 9.16. The molecule has 2 aliphatic rings. The van der Waals surface area contributed by atoms with Crippen molar-refractivity contribution in [2.24, 2.45) is 17.8 Å². The molecule has 0 radical (unpaired) electrons. The maximum atomic E-state index is 13.1. The van der Waals surface area contributed by atoms with Crippen LogP contribution in [-0.2, 0) is 0 Å². The van der Waals surface area contributed by atoms with Crippen molar-refractivity contribution in [1.29, 1.82) is 0 Å². The molecule has 25 heavy (non-hydrogen) atoms. The summed E-state index contributed by atoms with van der Waals surface area (Å²) >= 11 is 0. The van der Waals surface area contributed by atoms with Crippen LogP contribution in [0.5, 0.6) is 0 Å². The molecule has 1 nitrogen and oxygen atoms in total. The number of hydrogen-bond donors (Lipinski definition) is 1. The Kier molecular flexibility index (Phi) is 6.92. The van der Waals surface area contributed by atoms with E-state index in [1.165, 1.54) is 56.9 Å². The van der Waals surface area contributed by atoms with Crippen molar-refractivity contribution in [3.8, 4) is 0 Å². The zero-order valence-electron chi connectivity index (χ0n) is 15.8. The van der Waals surface area contributed by atoms with Gasteiger partial charge in [0.15, 0.2) is 0 Å². The van der Waals surface area contributed by atoms with Crippen molar-refractivity contribution in [3.63, 3.8) is 0 Å². The molecule has 0 amide bonds. The minimum absolute atomic E-state index is 0.174. The lowest BCUT2D eigenvalue weighted by molar-refractivity contribution is 0.0510. The van der Waals surface area contributed by atoms with Gasteiger partial charge in [0.25, 0.3) is 0 Å². The van der Waals surface area contributed by atoms with E-state index in [0.29, 0.717) is 11.8 Å². The summed E-state index contributed by atoms with van der Waals surface area (Å²) in [6.07, 6.45) is 13.8. The third-order valence-corrected chi connectivity index (χ3v) is 6.91. The lowest BCUT2D eigenvalue weighted by Crippen LogP contribution is -2.29. The Morgan fingerprint density at radius 1 is 0.880 bits per heavy atom. The fraction of sp³-hybridized carbons (Fsp3) is 0.739. The highest BCUT2D eigenvalue weighted by Gasteiger charge is 2.30. The normalized spacial score (nSPS) is 33.3. The second-order valence-electron chi connectivity index (χ2n) is 8.64. The molecule has 0 aromatic heterocycles. The quantitative estimate of drug-likeness (QED) is 0.627. The molecule has 1 N–H and O–H groups in total. The average molecular weight is 347 g/mol. The molecule has 0 spiro atoms. The van der Waals surface area contributed by atoms with Gasteiger partial charge in [-0.1, -0.05) is 64.0 Å². The zero-order valence-corrected chi connectivity index (χ0v) is 15.8. The number of hydrogen-bond acceptors (Lipinski definition) is 1. The predicted molar refractivity (Wildman–Crippen MR) is 102 cm³/mol. The fourth-order valence-corrected chi connectivity index (χ4v) is 5.25. The Labute approximate surface area is 153 Å². The first-order valence-electron chi connectivity index (χ1n) is 10.6. The van der Waals surface area contributed by atoms with Gasteiger partial charge in [-0.3, -0.25) is 0 Å². The van der Waals surface area contributed by atoms with Gasteiger partial charge < -0.3 is 5.11 Å². The van der Waals surface area contributed by atoms with Crippen molar-refractivity contribution in [2.75, 3.05) is 0 Å². The summed E-state index contributed by atoms with van der Waals surface area (Å²) in [5.41, 5.74) is 1.19. The van der Waals surface area contributed by atoms with Gasteiger partial charge in [0.2, 0.25) is 0 Å². The molecular formula is C23H35FO. The highest BCUT2D eigenvalue weighted by atomic mass is 19.1. The molecule has 0 aliphatic heterocycles. The van der Waals surface area contributed by atoms with E-state index in [4.69, 9.17) is 0 Å². The van der Waals surface area contributed by atoms with Gasteiger partial charge in [-0.25, -0.2) is 4.39 Å². The highest BCUT2D eigenvalue weighted by molar-refractivity contribution is 5.21. The Balaban J connectivity index is 1.41. The molecule has 0 bridgehead atoms. The number of rotatable bonds is 6. The Hall–Kier alpha value is -0.890. The fourth-order valence-electron chi connectivity index (χ4n) is 5.25. The molecule has 0 saturated heterocycles. The summed E-state index contributed by atoms with van der Waals surface area (Å²) in [7, 11) is 0. The van der Waals surface area contributed by atoms with Gasteiger partial charge in [-0.2, -0.15) is 0 Å². The van der Waals surface area contributed by atoms with Gasteiger partial charge in [0.05, 0.1) is 6.10 Å². The minimum atomic E-state index is -0.180. The van der Waals surface area contributed by atoms with Crippen molar-refractivity contribution in [2.45, 2.75) is 89.6 Å². The first-order chi connectivity index (χ1) is 12.2. The molecule has 140 valence electrons. The largest absolute Gasteiger partial charge is 0.393 e. The summed E-state index contributed by atoms with van der Waals surface area (Å²) in [5, 5.41) is 10.6. The van der Waals surface area contributed by atoms with Crippen molar-refractivity contribution >= 4 is 0 Å². The lowest BCUT2D eigenvalue weighted by Gasteiger charge is -2.35. The minimum Gasteiger partial charge on any atom is -0.393 e. The number of aliphatic hydroxyl groups is 1. The molecule has 2 heteroatoms. The SMILES string of the molecule is CCCC1CCC(CC[C@@H]2CCC(c3ccc(F)cc3)C[C@H]2O)CC1. The second-order valence-corrected chi connectivity index (χ2v) is 8.64. The highest BCUT2D eigenvalue weighted by Crippen LogP contribution is 2.40. The molecular weight excluding hydrogens is 311 g/mol. The monoisotopic (exact) mass is 346 g/mol. The number of aliphatic hydroxyl groups excluding tert-OH is 1. The van der Waals surface area contributed by atoms with Gasteiger partial charge >= 0.3 is 0 Å². The van der Waals surface area contributed by atoms with Crippen molar-refractivity contribution < 1.29 is 9.50 Å². The molecule has 0 heterocycles. The average Bonchev–Trinajstić information content (AvgIpc) is 2.63. The first kappa shape index (κ1) is 18.9. The molecule has 1 aromatic carbocycles. The lowest BCUT2D eigenvalue weighted by atomic mass is 9.73. The van der Waals surface area contributed by atoms with Crippen LogP contribution in [-0.4, -0.2) is 11.2 Å². The van der Waals surface area contributed by atoms with E-state index in [1.54, 1.807) is 12.1 Å². The third-order valence-electron chi connectivity index (χ3n) is 6.91. The molecule has 3 atom stereocenters. The van der Waals surface area contributed by atoms with Crippen LogP contribution >= 0.6 is 0 Å². The first-order valence-corrected chi connectivity index (χ1v) is 10.6. The zero-order chi connectivity index (χ0) is 17.6. The number of halogens is 1. The van der Waals surface area contributed by atoms with E-state index in [0.717, 1.165) is 31.1 Å². The summed E-state index contributed by atoms with van der Waals surface area (Å²) in [6.45, 7) is 2.30. The molecule has 3 rings (SSSR count). The van der Waals surface area contributed by atoms with Crippen LogP contribution in [0.1, 0.15) is 89.0 Å². The van der Waals surface area contributed by atoms with E-state index in [1.807, 2.05) is 12.1 Å². The van der Waals surface area contributed by atoms with E-state index in [9.17, 15) is 9.50 Å². The van der Waals surface area contributed by atoms with Crippen LogP contribution in [0.25, 0.3) is 0 Å². The third kappa shape index (κ3) is 5.29.